The summed E-state index contributed by atoms with van der Waals surface area (Å²) in [4.78, 5) is 0. The van der Waals surface area contributed by atoms with Crippen molar-refractivity contribution in [1.82, 2.24) is 0 Å². The van der Waals surface area contributed by atoms with Gasteiger partial charge in [0.1, 0.15) is 0 Å². The minimum Gasteiger partial charge on any atom is -0.396 e. The van der Waals surface area contributed by atoms with E-state index in [0.717, 1.165) is 31.1 Å². The number of methoxy groups -OCH3 is 1. The van der Waals surface area contributed by atoms with E-state index in [-0.39, 0.29) is 11.5 Å². The Labute approximate surface area is 140 Å². The summed E-state index contributed by atoms with van der Waals surface area (Å²) in [6.45, 7) is 2.81. The van der Waals surface area contributed by atoms with Crippen LogP contribution in [0.4, 0.5) is 0 Å². The third-order valence-electron chi connectivity index (χ3n) is 8.83. The summed E-state index contributed by atoms with van der Waals surface area (Å²) in [6.07, 6.45) is 10.7. The van der Waals surface area contributed by atoms with Crippen molar-refractivity contribution in [2.45, 2.75) is 76.9 Å². The molecule has 0 spiro atoms. The van der Waals surface area contributed by atoms with Gasteiger partial charge in [0.25, 0.3) is 0 Å². The zero-order valence-corrected chi connectivity index (χ0v) is 14.8. The highest BCUT2D eigenvalue weighted by molar-refractivity contribution is 5.10. The van der Waals surface area contributed by atoms with E-state index in [0.29, 0.717) is 30.0 Å². The first kappa shape index (κ1) is 16.4. The SMILES string of the molecule is CO[C@H]1CCC2C3CCC4C[C@H](O)CCC4(CO)[C@H]3CCC21C. The van der Waals surface area contributed by atoms with Crippen molar-refractivity contribution < 1.29 is 14.9 Å². The van der Waals surface area contributed by atoms with E-state index in [4.69, 9.17) is 4.74 Å². The van der Waals surface area contributed by atoms with Crippen molar-refractivity contribution in [2.24, 2.45) is 34.5 Å². The molecular weight excluding hydrogens is 288 g/mol. The molecule has 0 aromatic carbocycles. The predicted octanol–water partition coefficient (Wildman–Crippen LogP) is 3.38. The molecular formula is C20H34O3. The van der Waals surface area contributed by atoms with Gasteiger partial charge in [-0.1, -0.05) is 6.92 Å². The third kappa shape index (κ3) is 2.19. The van der Waals surface area contributed by atoms with Gasteiger partial charge in [-0.2, -0.15) is 0 Å². The molecule has 132 valence electrons. The van der Waals surface area contributed by atoms with Crippen molar-refractivity contribution in [3.05, 3.63) is 0 Å². The lowest BCUT2D eigenvalue weighted by Crippen LogP contribution is -2.57. The molecule has 0 radical (unpaired) electrons. The molecule has 0 aromatic heterocycles. The summed E-state index contributed by atoms with van der Waals surface area (Å²) in [5, 5.41) is 20.5. The average molecular weight is 322 g/mol. The summed E-state index contributed by atoms with van der Waals surface area (Å²) >= 11 is 0. The van der Waals surface area contributed by atoms with Crippen molar-refractivity contribution in [3.8, 4) is 0 Å². The monoisotopic (exact) mass is 322 g/mol. The Morgan fingerprint density at radius 3 is 2.57 bits per heavy atom. The second kappa shape index (κ2) is 5.71. The molecule has 4 aliphatic rings. The van der Waals surface area contributed by atoms with Crippen LogP contribution in [-0.2, 0) is 4.74 Å². The van der Waals surface area contributed by atoms with Gasteiger partial charge in [0.2, 0.25) is 0 Å². The Morgan fingerprint density at radius 2 is 1.83 bits per heavy atom. The van der Waals surface area contributed by atoms with E-state index in [2.05, 4.69) is 6.92 Å². The van der Waals surface area contributed by atoms with E-state index in [1.807, 2.05) is 7.11 Å². The number of rotatable bonds is 2. The first-order valence-corrected chi connectivity index (χ1v) is 9.87. The maximum absolute atomic E-state index is 10.4. The summed E-state index contributed by atoms with van der Waals surface area (Å²) in [6, 6.07) is 0. The number of ether oxygens (including phenoxy) is 1. The van der Waals surface area contributed by atoms with Crippen LogP contribution in [0.2, 0.25) is 0 Å². The second-order valence-electron chi connectivity index (χ2n) is 9.32. The fourth-order valence-corrected chi connectivity index (χ4v) is 7.68. The van der Waals surface area contributed by atoms with Crippen molar-refractivity contribution in [1.29, 1.82) is 0 Å². The number of aliphatic hydroxyl groups is 2. The molecule has 4 rings (SSSR count). The Hall–Kier alpha value is -0.120. The van der Waals surface area contributed by atoms with Gasteiger partial charge in [-0.05, 0) is 92.3 Å². The van der Waals surface area contributed by atoms with E-state index in [1.165, 1.54) is 38.5 Å². The maximum Gasteiger partial charge on any atom is 0.0627 e. The summed E-state index contributed by atoms with van der Waals surface area (Å²) < 4.78 is 5.85. The Kier molecular flexibility index (Phi) is 4.06. The number of hydrogen-bond acceptors (Lipinski definition) is 3. The van der Waals surface area contributed by atoms with Crippen LogP contribution < -0.4 is 0 Å². The first-order chi connectivity index (χ1) is 11.0. The number of aliphatic hydroxyl groups excluding tert-OH is 2. The molecule has 8 atom stereocenters. The molecule has 5 unspecified atom stereocenters. The summed E-state index contributed by atoms with van der Waals surface area (Å²) in [5.41, 5.74) is 0.461. The van der Waals surface area contributed by atoms with Gasteiger partial charge in [0.15, 0.2) is 0 Å². The molecule has 0 amide bonds. The van der Waals surface area contributed by atoms with Gasteiger partial charge in [-0.25, -0.2) is 0 Å². The molecule has 4 saturated carbocycles. The highest BCUT2D eigenvalue weighted by Crippen LogP contribution is 2.66. The van der Waals surface area contributed by atoms with Crippen molar-refractivity contribution >= 4 is 0 Å². The fraction of sp³-hybridized carbons (Fsp3) is 1.00. The summed E-state index contributed by atoms with van der Waals surface area (Å²) in [5.74, 6) is 2.77. The maximum atomic E-state index is 10.4. The number of fused-ring (bicyclic) bond motifs is 5. The molecule has 0 bridgehead atoms. The Bertz CT molecular complexity index is 452. The van der Waals surface area contributed by atoms with Crippen molar-refractivity contribution in [2.75, 3.05) is 13.7 Å². The number of hydrogen-bond donors (Lipinski definition) is 2. The predicted molar refractivity (Wildman–Crippen MR) is 89.9 cm³/mol. The standard InChI is InChI=1S/C20H34O3/c1-19-9-8-17-15(16(19)5-6-18(19)23-2)4-3-13-11-14(22)7-10-20(13,17)12-21/h13-18,21-22H,3-12H2,1-2H3/t13?,14-,15?,16?,17+,18+,19?,20?/m1/s1. The molecule has 4 fully saturated rings. The van der Waals surface area contributed by atoms with Crippen LogP contribution in [0.25, 0.3) is 0 Å². The lowest BCUT2D eigenvalue weighted by Gasteiger charge is -2.61. The minimum atomic E-state index is -0.130. The van der Waals surface area contributed by atoms with Gasteiger partial charge in [-0.3, -0.25) is 0 Å². The molecule has 2 N–H and O–H groups in total. The molecule has 3 nitrogen and oxygen atoms in total. The van der Waals surface area contributed by atoms with Gasteiger partial charge in [0, 0.05) is 13.7 Å². The van der Waals surface area contributed by atoms with Gasteiger partial charge < -0.3 is 14.9 Å². The molecule has 0 heterocycles. The zero-order chi connectivity index (χ0) is 16.2. The highest BCUT2D eigenvalue weighted by atomic mass is 16.5. The molecule has 0 saturated heterocycles. The Morgan fingerprint density at radius 1 is 1.00 bits per heavy atom. The van der Waals surface area contributed by atoms with Crippen LogP contribution in [0.3, 0.4) is 0 Å². The third-order valence-corrected chi connectivity index (χ3v) is 8.83. The van der Waals surface area contributed by atoms with E-state index in [9.17, 15) is 10.2 Å². The van der Waals surface area contributed by atoms with Gasteiger partial charge in [0.05, 0.1) is 12.2 Å². The quantitative estimate of drug-likeness (QED) is 0.819. The van der Waals surface area contributed by atoms with Gasteiger partial charge in [-0.15, -0.1) is 0 Å². The lowest BCUT2D eigenvalue weighted by atomic mass is 9.44. The normalized spacial score (nSPS) is 55.8. The van der Waals surface area contributed by atoms with E-state index in [1.54, 1.807) is 0 Å². The lowest BCUT2D eigenvalue weighted by molar-refractivity contribution is -0.160. The molecule has 0 aromatic rings. The van der Waals surface area contributed by atoms with E-state index < -0.39 is 0 Å². The van der Waals surface area contributed by atoms with Crippen LogP contribution in [0.1, 0.15) is 64.7 Å². The zero-order valence-electron chi connectivity index (χ0n) is 14.8. The molecule has 4 aliphatic carbocycles. The van der Waals surface area contributed by atoms with Crippen molar-refractivity contribution in [3.63, 3.8) is 0 Å². The van der Waals surface area contributed by atoms with E-state index >= 15 is 0 Å². The van der Waals surface area contributed by atoms with Crippen LogP contribution in [0.15, 0.2) is 0 Å². The van der Waals surface area contributed by atoms with Crippen LogP contribution >= 0.6 is 0 Å². The topological polar surface area (TPSA) is 49.7 Å². The first-order valence-electron chi connectivity index (χ1n) is 9.87. The highest BCUT2D eigenvalue weighted by Gasteiger charge is 2.61. The molecule has 0 aliphatic heterocycles. The Balaban J connectivity index is 1.63. The summed E-state index contributed by atoms with van der Waals surface area (Å²) in [7, 11) is 1.89. The van der Waals surface area contributed by atoms with Crippen LogP contribution in [-0.4, -0.2) is 36.1 Å². The molecule has 23 heavy (non-hydrogen) atoms. The average Bonchev–Trinajstić information content (AvgIpc) is 2.90. The second-order valence-corrected chi connectivity index (χ2v) is 9.32. The fourth-order valence-electron chi connectivity index (χ4n) is 7.68. The smallest absolute Gasteiger partial charge is 0.0627 e. The largest absolute Gasteiger partial charge is 0.396 e. The molecule has 3 heteroatoms. The van der Waals surface area contributed by atoms with Gasteiger partial charge >= 0.3 is 0 Å². The van der Waals surface area contributed by atoms with Crippen LogP contribution in [0, 0.1) is 34.5 Å². The van der Waals surface area contributed by atoms with Crippen LogP contribution in [0.5, 0.6) is 0 Å². The minimum absolute atomic E-state index is 0.106.